The molecule has 80 valence electrons. The highest BCUT2D eigenvalue weighted by Crippen LogP contribution is 2.13. The zero-order chi connectivity index (χ0) is 11.4. The molecule has 0 atom stereocenters. The van der Waals surface area contributed by atoms with Crippen LogP contribution < -0.4 is 0 Å². The van der Waals surface area contributed by atoms with E-state index in [2.05, 4.69) is 0 Å². The summed E-state index contributed by atoms with van der Waals surface area (Å²) in [6, 6.07) is 6.72. The zero-order valence-electron chi connectivity index (χ0n) is 8.76. The van der Waals surface area contributed by atoms with Crippen LogP contribution >= 0.6 is 0 Å². The largest absolute Gasteiger partial charge is 0.508 e. The second kappa shape index (κ2) is 4.62. The van der Waals surface area contributed by atoms with Crippen LogP contribution in [0.5, 0.6) is 5.75 Å². The topological polar surface area (TPSA) is 37.3 Å². The first-order valence-electron chi connectivity index (χ1n) is 5.14. The molecule has 16 heavy (non-hydrogen) atoms. The van der Waals surface area contributed by atoms with Crippen molar-refractivity contribution in [3.63, 3.8) is 0 Å². The maximum atomic E-state index is 11.6. The number of phenolic OH excluding ortho intramolecular Hbond substituents is 1. The molecule has 1 aliphatic carbocycles. The van der Waals surface area contributed by atoms with E-state index in [1.54, 1.807) is 36.4 Å². The van der Waals surface area contributed by atoms with Crippen molar-refractivity contribution in [2.45, 2.75) is 6.42 Å². The summed E-state index contributed by atoms with van der Waals surface area (Å²) in [6.45, 7) is 0. The van der Waals surface area contributed by atoms with Gasteiger partial charge in [0.1, 0.15) is 5.75 Å². The van der Waals surface area contributed by atoms with Crippen LogP contribution in [0, 0.1) is 0 Å². The van der Waals surface area contributed by atoms with E-state index in [-0.39, 0.29) is 11.5 Å². The number of rotatable bonds is 3. The average molecular weight is 212 g/mol. The summed E-state index contributed by atoms with van der Waals surface area (Å²) in [5.74, 6) is 0.242. The Morgan fingerprint density at radius 2 is 2.00 bits per heavy atom. The van der Waals surface area contributed by atoms with E-state index in [0.717, 1.165) is 17.6 Å². The van der Waals surface area contributed by atoms with Gasteiger partial charge < -0.3 is 5.11 Å². The predicted octanol–water partition coefficient (Wildman–Crippen LogP) is 2.86. The lowest BCUT2D eigenvalue weighted by molar-refractivity contribution is -0.111. The first-order chi connectivity index (χ1) is 7.75. The first-order valence-corrected chi connectivity index (χ1v) is 5.14. The standard InChI is InChI=1S/C14H12O2/c15-13-8-5-11(6-9-13)7-10-14(16)12-3-1-2-4-12/h1,3-10,15H,2H2/b10-7+. The van der Waals surface area contributed by atoms with Crippen molar-refractivity contribution in [1.29, 1.82) is 0 Å². The highest BCUT2D eigenvalue weighted by molar-refractivity contribution is 6.08. The highest BCUT2D eigenvalue weighted by Gasteiger charge is 2.04. The number of hydrogen-bond donors (Lipinski definition) is 1. The number of phenols is 1. The molecule has 2 nitrogen and oxygen atoms in total. The van der Waals surface area contributed by atoms with E-state index >= 15 is 0 Å². The molecule has 0 aromatic heterocycles. The lowest BCUT2D eigenvalue weighted by Gasteiger charge is -1.94. The number of aromatic hydroxyl groups is 1. The molecule has 0 bridgehead atoms. The molecular weight excluding hydrogens is 200 g/mol. The van der Waals surface area contributed by atoms with Crippen molar-refractivity contribution in [3.8, 4) is 5.75 Å². The fourth-order valence-corrected chi connectivity index (χ4v) is 1.49. The van der Waals surface area contributed by atoms with Gasteiger partial charge in [0, 0.05) is 5.57 Å². The van der Waals surface area contributed by atoms with E-state index in [0.29, 0.717) is 0 Å². The molecule has 0 radical (unpaired) electrons. The van der Waals surface area contributed by atoms with Gasteiger partial charge in [-0.05, 0) is 30.2 Å². The molecule has 0 heterocycles. The summed E-state index contributed by atoms with van der Waals surface area (Å²) < 4.78 is 0. The Balaban J connectivity index is 2.06. The summed E-state index contributed by atoms with van der Waals surface area (Å²) in [7, 11) is 0. The fourth-order valence-electron chi connectivity index (χ4n) is 1.49. The first kappa shape index (κ1) is 10.4. The molecule has 0 fully saturated rings. The van der Waals surface area contributed by atoms with Gasteiger partial charge in [0.15, 0.2) is 5.78 Å². The number of hydrogen-bond acceptors (Lipinski definition) is 2. The zero-order valence-corrected chi connectivity index (χ0v) is 8.76. The quantitative estimate of drug-likeness (QED) is 0.782. The fraction of sp³-hybridized carbons (Fsp3) is 0.0714. The summed E-state index contributed by atoms with van der Waals surface area (Å²) in [4.78, 5) is 11.6. The van der Waals surface area contributed by atoms with Crippen molar-refractivity contribution in [1.82, 2.24) is 0 Å². The van der Waals surface area contributed by atoms with Crippen LogP contribution in [0.15, 0.2) is 54.1 Å². The third-order valence-corrected chi connectivity index (χ3v) is 2.38. The maximum Gasteiger partial charge on any atom is 0.185 e. The van der Waals surface area contributed by atoms with E-state index in [9.17, 15) is 4.79 Å². The summed E-state index contributed by atoms with van der Waals surface area (Å²) in [5, 5.41) is 9.10. The number of ketones is 1. The van der Waals surface area contributed by atoms with Gasteiger partial charge in [0.2, 0.25) is 0 Å². The minimum absolute atomic E-state index is 0.0156. The molecule has 0 amide bonds. The Kier molecular flexibility index (Phi) is 3.01. The van der Waals surface area contributed by atoms with Crippen molar-refractivity contribution in [3.05, 3.63) is 59.7 Å². The molecule has 0 spiro atoms. The third kappa shape index (κ3) is 2.48. The Bertz CT molecular complexity index is 476. The van der Waals surface area contributed by atoms with Crippen molar-refractivity contribution >= 4 is 11.9 Å². The monoisotopic (exact) mass is 212 g/mol. The van der Waals surface area contributed by atoms with Gasteiger partial charge >= 0.3 is 0 Å². The van der Waals surface area contributed by atoms with Crippen LogP contribution in [0.4, 0.5) is 0 Å². The molecule has 1 aromatic rings. The smallest absolute Gasteiger partial charge is 0.185 e. The van der Waals surface area contributed by atoms with Crippen LogP contribution in [-0.2, 0) is 4.79 Å². The van der Waals surface area contributed by atoms with Gasteiger partial charge in [0.05, 0.1) is 0 Å². The Morgan fingerprint density at radius 1 is 1.25 bits per heavy atom. The van der Waals surface area contributed by atoms with Crippen molar-refractivity contribution in [2.75, 3.05) is 0 Å². The molecule has 2 rings (SSSR count). The van der Waals surface area contributed by atoms with Crippen LogP contribution in [0.1, 0.15) is 12.0 Å². The number of carbonyl (C=O) groups is 1. The summed E-state index contributed by atoms with van der Waals surface area (Å²) in [6.07, 6.45) is 9.84. The summed E-state index contributed by atoms with van der Waals surface area (Å²) >= 11 is 0. The molecule has 0 saturated carbocycles. The third-order valence-electron chi connectivity index (χ3n) is 2.38. The minimum Gasteiger partial charge on any atom is -0.508 e. The normalized spacial score (nSPS) is 14.4. The molecule has 1 N–H and O–H groups in total. The Morgan fingerprint density at radius 3 is 2.62 bits per heavy atom. The van der Waals surface area contributed by atoms with Crippen LogP contribution in [0.2, 0.25) is 0 Å². The van der Waals surface area contributed by atoms with E-state index in [4.69, 9.17) is 5.11 Å². The second-order valence-corrected chi connectivity index (χ2v) is 3.59. The van der Waals surface area contributed by atoms with Gasteiger partial charge in [-0.1, -0.05) is 36.4 Å². The van der Waals surface area contributed by atoms with Crippen LogP contribution in [-0.4, -0.2) is 10.9 Å². The molecule has 0 saturated heterocycles. The molecule has 0 unspecified atom stereocenters. The molecule has 2 heteroatoms. The molecule has 1 aromatic carbocycles. The van der Waals surface area contributed by atoms with Gasteiger partial charge in [-0.2, -0.15) is 0 Å². The van der Waals surface area contributed by atoms with Gasteiger partial charge in [-0.25, -0.2) is 0 Å². The molecule has 1 aliphatic rings. The Labute approximate surface area is 94.2 Å². The van der Waals surface area contributed by atoms with E-state index in [1.165, 1.54) is 0 Å². The van der Waals surface area contributed by atoms with Gasteiger partial charge in [-0.3, -0.25) is 4.79 Å². The lowest BCUT2D eigenvalue weighted by atomic mass is 10.1. The van der Waals surface area contributed by atoms with E-state index in [1.807, 2.05) is 18.2 Å². The Hall–Kier alpha value is -2.09. The highest BCUT2D eigenvalue weighted by atomic mass is 16.3. The second-order valence-electron chi connectivity index (χ2n) is 3.59. The van der Waals surface area contributed by atoms with Crippen molar-refractivity contribution in [2.24, 2.45) is 0 Å². The molecular formula is C14H12O2. The van der Waals surface area contributed by atoms with Crippen LogP contribution in [0.3, 0.4) is 0 Å². The van der Waals surface area contributed by atoms with Gasteiger partial charge in [-0.15, -0.1) is 0 Å². The number of benzene rings is 1. The van der Waals surface area contributed by atoms with Crippen LogP contribution in [0.25, 0.3) is 6.08 Å². The summed E-state index contributed by atoms with van der Waals surface area (Å²) in [5.41, 5.74) is 1.64. The predicted molar refractivity (Wildman–Crippen MR) is 64.0 cm³/mol. The molecule has 0 aliphatic heterocycles. The number of carbonyl (C=O) groups excluding carboxylic acids is 1. The minimum atomic E-state index is 0.0156. The van der Waals surface area contributed by atoms with E-state index < -0.39 is 0 Å². The average Bonchev–Trinajstić information content (AvgIpc) is 2.81. The maximum absolute atomic E-state index is 11.6. The van der Waals surface area contributed by atoms with Crippen molar-refractivity contribution < 1.29 is 9.90 Å². The lowest BCUT2D eigenvalue weighted by Crippen LogP contribution is -1.93. The SMILES string of the molecule is O=C(/C=C/c1ccc(O)cc1)C1=CCC=C1. The number of allylic oxidation sites excluding steroid dienone is 5. The van der Waals surface area contributed by atoms with Gasteiger partial charge in [0.25, 0.3) is 0 Å².